The summed E-state index contributed by atoms with van der Waals surface area (Å²) in [5, 5.41) is 2.84. The second-order valence-corrected chi connectivity index (χ2v) is 4.64. The first-order valence-electron chi connectivity index (χ1n) is 6.84. The fraction of sp³-hybridized carbons (Fsp3) is 0.235. The van der Waals surface area contributed by atoms with E-state index in [4.69, 9.17) is 4.74 Å². The number of hydrogen-bond acceptors (Lipinski definition) is 2. The van der Waals surface area contributed by atoms with Gasteiger partial charge in [-0.15, -0.1) is 0 Å². The molecular formula is C17H18FNO2. The minimum Gasteiger partial charge on any atom is -0.494 e. The third-order valence-corrected chi connectivity index (χ3v) is 3.28. The standard InChI is InChI=1S/C17H18FNO2/c1-3-17(20)19-11-13-6-4-5-7-14(13)12-8-9-16(21-2)15(18)10-12/h4-10H,3,11H2,1-2H3,(H,19,20). The molecule has 0 unspecified atom stereocenters. The zero-order valence-electron chi connectivity index (χ0n) is 12.2. The highest BCUT2D eigenvalue weighted by Crippen LogP contribution is 2.28. The summed E-state index contributed by atoms with van der Waals surface area (Å²) in [5.74, 6) is -0.191. The largest absolute Gasteiger partial charge is 0.494 e. The molecule has 110 valence electrons. The Morgan fingerprint density at radius 3 is 2.67 bits per heavy atom. The van der Waals surface area contributed by atoms with Gasteiger partial charge in [0.2, 0.25) is 5.91 Å². The number of ether oxygens (including phenoxy) is 1. The summed E-state index contributed by atoms with van der Waals surface area (Å²) in [6.07, 6.45) is 0.444. The lowest BCUT2D eigenvalue weighted by Gasteiger charge is -2.11. The number of carbonyl (C=O) groups is 1. The van der Waals surface area contributed by atoms with Gasteiger partial charge in [-0.2, -0.15) is 0 Å². The van der Waals surface area contributed by atoms with Gasteiger partial charge in [0.05, 0.1) is 7.11 Å². The van der Waals surface area contributed by atoms with Crippen molar-refractivity contribution in [1.29, 1.82) is 0 Å². The Kier molecular flexibility index (Phi) is 4.93. The minimum absolute atomic E-state index is 0.00860. The van der Waals surface area contributed by atoms with Crippen molar-refractivity contribution in [3.05, 3.63) is 53.8 Å². The van der Waals surface area contributed by atoms with Crippen molar-refractivity contribution in [3.8, 4) is 16.9 Å². The highest BCUT2D eigenvalue weighted by Gasteiger charge is 2.09. The number of amides is 1. The molecule has 0 aliphatic heterocycles. The third-order valence-electron chi connectivity index (χ3n) is 3.28. The Morgan fingerprint density at radius 2 is 2.00 bits per heavy atom. The van der Waals surface area contributed by atoms with E-state index in [2.05, 4.69) is 5.32 Å². The molecular weight excluding hydrogens is 269 g/mol. The molecule has 0 radical (unpaired) electrons. The summed E-state index contributed by atoms with van der Waals surface area (Å²) in [4.78, 5) is 11.4. The maximum absolute atomic E-state index is 13.8. The van der Waals surface area contributed by atoms with Crippen LogP contribution in [0.25, 0.3) is 11.1 Å². The molecule has 0 bridgehead atoms. The summed E-state index contributed by atoms with van der Waals surface area (Å²) in [5.41, 5.74) is 2.61. The van der Waals surface area contributed by atoms with Gasteiger partial charge in [-0.1, -0.05) is 37.3 Å². The Morgan fingerprint density at radius 1 is 1.24 bits per heavy atom. The van der Waals surface area contributed by atoms with Crippen LogP contribution in [-0.4, -0.2) is 13.0 Å². The van der Waals surface area contributed by atoms with Crippen molar-refractivity contribution in [2.75, 3.05) is 7.11 Å². The van der Waals surface area contributed by atoms with E-state index in [-0.39, 0.29) is 11.7 Å². The average molecular weight is 287 g/mol. The van der Waals surface area contributed by atoms with Crippen molar-refractivity contribution in [2.45, 2.75) is 19.9 Å². The van der Waals surface area contributed by atoms with Crippen LogP contribution < -0.4 is 10.1 Å². The Labute approximate surface area is 123 Å². The van der Waals surface area contributed by atoms with Crippen LogP contribution >= 0.6 is 0 Å². The van der Waals surface area contributed by atoms with Gasteiger partial charge in [0, 0.05) is 13.0 Å². The molecule has 2 aromatic carbocycles. The topological polar surface area (TPSA) is 38.3 Å². The Hall–Kier alpha value is -2.36. The van der Waals surface area contributed by atoms with E-state index < -0.39 is 5.82 Å². The van der Waals surface area contributed by atoms with E-state index in [9.17, 15) is 9.18 Å². The molecule has 0 heterocycles. The first-order valence-corrected chi connectivity index (χ1v) is 6.84. The van der Waals surface area contributed by atoms with E-state index in [1.54, 1.807) is 13.0 Å². The molecule has 0 aromatic heterocycles. The average Bonchev–Trinajstić information content (AvgIpc) is 2.52. The summed E-state index contributed by atoms with van der Waals surface area (Å²) in [7, 11) is 1.44. The first kappa shape index (κ1) is 15.0. The van der Waals surface area contributed by atoms with Crippen LogP contribution in [0.3, 0.4) is 0 Å². The summed E-state index contributed by atoms with van der Waals surface area (Å²) < 4.78 is 18.8. The van der Waals surface area contributed by atoms with Crippen LogP contribution in [0.15, 0.2) is 42.5 Å². The van der Waals surface area contributed by atoms with E-state index in [1.165, 1.54) is 13.2 Å². The second kappa shape index (κ2) is 6.88. The highest BCUT2D eigenvalue weighted by atomic mass is 19.1. The van der Waals surface area contributed by atoms with Crippen molar-refractivity contribution in [3.63, 3.8) is 0 Å². The molecule has 0 aliphatic carbocycles. The number of carbonyl (C=O) groups excluding carboxylic acids is 1. The highest BCUT2D eigenvalue weighted by molar-refractivity contribution is 5.76. The van der Waals surface area contributed by atoms with Crippen LogP contribution in [-0.2, 0) is 11.3 Å². The lowest BCUT2D eigenvalue weighted by atomic mass is 9.99. The van der Waals surface area contributed by atoms with Gasteiger partial charge in [-0.05, 0) is 28.8 Å². The van der Waals surface area contributed by atoms with Gasteiger partial charge in [-0.3, -0.25) is 4.79 Å². The molecule has 0 saturated heterocycles. The van der Waals surface area contributed by atoms with Crippen LogP contribution in [0.2, 0.25) is 0 Å². The van der Waals surface area contributed by atoms with Crippen molar-refractivity contribution in [2.24, 2.45) is 0 Å². The van der Waals surface area contributed by atoms with E-state index in [1.807, 2.05) is 30.3 Å². The van der Waals surface area contributed by atoms with Gasteiger partial charge in [0.15, 0.2) is 11.6 Å². The predicted octanol–water partition coefficient (Wildman–Crippen LogP) is 3.53. The number of nitrogens with one attached hydrogen (secondary N) is 1. The molecule has 1 amide bonds. The smallest absolute Gasteiger partial charge is 0.219 e. The second-order valence-electron chi connectivity index (χ2n) is 4.64. The summed E-state index contributed by atoms with van der Waals surface area (Å²) >= 11 is 0. The van der Waals surface area contributed by atoms with E-state index in [0.29, 0.717) is 13.0 Å². The van der Waals surface area contributed by atoms with Gasteiger partial charge in [0.25, 0.3) is 0 Å². The van der Waals surface area contributed by atoms with Gasteiger partial charge in [0.1, 0.15) is 0 Å². The molecule has 0 atom stereocenters. The number of halogens is 1. The number of hydrogen-bond donors (Lipinski definition) is 1. The fourth-order valence-corrected chi connectivity index (χ4v) is 2.11. The van der Waals surface area contributed by atoms with E-state index in [0.717, 1.165) is 16.7 Å². The van der Waals surface area contributed by atoms with Crippen molar-refractivity contribution < 1.29 is 13.9 Å². The van der Waals surface area contributed by atoms with Crippen molar-refractivity contribution in [1.82, 2.24) is 5.32 Å². The lowest BCUT2D eigenvalue weighted by molar-refractivity contribution is -0.120. The molecule has 21 heavy (non-hydrogen) atoms. The molecule has 1 N–H and O–H groups in total. The summed E-state index contributed by atoms with van der Waals surface area (Å²) in [6.45, 7) is 2.23. The van der Waals surface area contributed by atoms with Crippen LogP contribution in [0, 0.1) is 5.82 Å². The first-order chi connectivity index (χ1) is 10.2. The quantitative estimate of drug-likeness (QED) is 0.913. The number of methoxy groups -OCH3 is 1. The van der Waals surface area contributed by atoms with Gasteiger partial charge < -0.3 is 10.1 Å². The van der Waals surface area contributed by atoms with Crippen LogP contribution in [0.4, 0.5) is 4.39 Å². The van der Waals surface area contributed by atoms with E-state index >= 15 is 0 Å². The number of rotatable bonds is 5. The minimum atomic E-state index is -0.401. The molecule has 4 heteroatoms. The lowest BCUT2D eigenvalue weighted by Crippen LogP contribution is -2.21. The molecule has 0 saturated carbocycles. The van der Waals surface area contributed by atoms with Crippen molar-refractivity contribution >= 4 is 5.91 Å². The monoisotopic (exact) mass is 287 g/mol. The third kappa shape index (κ3) is 3.60. The SMILES string of the molecule is CCC(=O)NCc1ccccc1-c1ccc(OC)c(F)c1. The zero-order valence-corrected chi connectivity index (χ0v) is 12.2. The van der Waals surface area contributed by atoms with Crippen LogP contribution in [0.1, 0.15) is 18.9 Å². The molecule has 0 spiro atoms. The molecule has 2 rings (SSSR count). The Bertz CT molecular complexity index is 640. The normalized spacial score (nSPS) is 10.2. The van der Waals surface area contributed by atoms with Gasteiger partial charge in [-0.25, -0.2) is 4.39 Å². The van der Waals surface area contributed by atoms with Gasteiger partial charge >= 0.3 is 0 Å². The summed E-state index contributed by atoms with van der Waals surface area (Å²) in [6, 6.07) is 12.5. The molecule has 0 aliphatic rings. The maximum Gasteiger partial charge on any atom is 0.219 e. The molecule has 3 nitrogen and oxygen atoms in total. The zero-order chi connectivity index (χ0) is 15.2. The fourth-order valence-electron chi connectivity index (χ4n) is 2.11. The molecule has 2 aromatic rings. The number of benzene rings is 2. The van der Waals surface area contributed by atoms with Crippen LogP contribution in [0.5, 0.6) is 5.75 Å². The molecule has 0 fully saturated rings. The predicted molar refractivity (Wildman–Crippen MR) is 80.5 cm³/mol. The Balaban J connectivity index is 2.31. The maximum atomic E-state index is 13.8.